The van der Waals surface area contributed by atoms with E-state index in [2.05, 4.69) is 4.98 Å². The number of carbonyl (C=O) groups excluding carboxylic acids is 1. The zero-order valence-electron chi connectivity index (χ0n) is 16.8. The van der Waals surface area contributed by atoms with Crippen LogP contribution in [0.1, 0.15) is 60.1 Å². The smallest absolute Gasteiger partial charge is 0.444 e. The van der Waals surface area contributed by atoms with Crippen LogP contribution in [0.2, 0.25) is 0 Å². The molecule has 142 valence electrons. The monoisotopic (exact) mass is 360 g/mol. The summed E-state index contributed by atoms with van der Waals surface area (Å²) in [5, 5.41) is 0. The molecule has 2 aliphatic heterocycles. The van der Waals surface area contributed by atoms with Crippen LogP contribution in [0.3, 0.4) is 0 Å². The molecule has 1 aromatic rings. The quantitative estimate of drug-likeness (QED) is 0.759. The predicted octanol–water partition coefficient (Wildman–Crippen LogP) is 2.72. The van der Waals surface area contributed by atoms with Crippen molar-refractivity contribution < 1.29 is 18.8 Å². The normalized spacial score (nSPS) is 22.3. The van der Waals surface area contributed by atoms with Gasteiger partial charge in [0.1, 0.15) is 5.60 Å². The highest BCUT2D eigenvalue weighted by Gasteiger charge is 2.51. The fraction of sp³-hybridized carbons (Fsp3) is 0.684. The molecule has 0 radical (unpaired) electrons. The Kier molecular flexibility index (Phi) is 4.60. The molecule has 7 heteroatoms. The number of rotatable bonds is 2. The van der Waals surface area contributed by atoms with Gasteiger partial charge in [0.25, 0.3) is 0 Å². The van der Waals surface area contributed by atoms with Crippen molar-refractivity contribution in [2.24, 2.45) is 0 Å². The standard InChI is InChI=1S/C19H29BN2O4/c1-17(2,3)24-16(23)22-11-13(12-22)15-9-8-14(10-21-15)20-25-18(4,5)19(6,7)26-20/h8-10,13H,11-12H2,1-7H3. The molecule has 0 aliphatic carbocycles. The first kappa shape index (κ1) is 19.2. The molecule has 2 saturated heterocycles. The minimum absolute atomic E-state index is 0.245. The van der Waals surface area contributed by atoms with Crippen LogP contribution in [0.25, 0.3) is 0 Å². The molecule has 1 amide bonds. The number of ether oxygens (including phenoxy) is 1. The Morgan fingerprint density at radius 3 is 2.23 bits per heavy atom. The minimum atomic E-state index is -0.467. The van der Waals surface area contributed by atoms with Crippen molar-refractivity contribution in [3.63, 3.8) is 0 Å². The maximum absolute atomic E-state index is 12.0. The number of amides is 1. The van der Waals surface area contributed by atoms with Gasteiger partial charge in [-0.15, -0.1) is 0 Å². The van der Waals surface area contributed by atoms with Crippen LogP contribution >= 0.6 is 0 Å². The van der Waals surface area contributed by atoms with E-state index in [9.17, 15) is 4.79 Å². The molecule has 0 atom stereocenters. The van der Waals surface area contributed by atoms with E-state index in [4.69, 9.17) is 14.0 Å². The van der Waals surface area contributed by atoms with Gasteiger partial charge >= 0.3 is 13.2 Å². The lowest BCUT2D eigenvalue weighted by Gasteiger charge is -2.39. The van der Waals surface area contributed by atoms with E-state index < -0.39 is 12.7 Å². The van der Waals surface area contributed by atoms with E-state index >= 15 is 0 Å². The van der Waals surface area contributed by atoms with E-state index in [-0.39, 0.29) is 23.2 Å². The molecule has 0 saturated carbocycles. The first-order valence-electron chi connectivity index (χ1n) is 9.17. The summed E-state index contributed by atoms with van der Waals surface area (Å²) in [6, 6.07) is 4.00. The van der Waals surface area contributed by atoms with E-state index in [0.717, 1.165) is 11.2 Å². The number of likely N-dealkylation sites (tertiary alicyclic amines) is 1. The second-order valence-corrected chi connectivity index (χ2v) is 9.19. The molecular weight excluding hydrogens is 331 g/mol. The van der Waals surface area contributed by atoms with Crippen molar-refractivity contribution in [3.05, 3.63) is 24.0 Å². The van der Waals surface area contributed by atoms with Gasteiger partial charge in [0.05, 0.1) is 11.2 Å². The molecule has 0 unspecified atom stereocenters. The molecule has 3 heterocycles. The lowest BCUT2D eigenvalue weighted by molar-refractivity contribution is 0.00578. The Morgan fingerprint density at radius 1 is 1.19 bits per heavy atom. The molecule has 2 aliphatic rings. The van der Waals surface area contributed by atoms with Crippen LogP contribution in [0.5, 0.6) is 0 Å². The number of pyridine rings is 1. The molecule has 3 rings (SSSR count). The van der Waals surface area contributed by atoms with Crippen molar-refractivity contribution in [1.82, 2.24) is 9.88 Å². The zero-order valence-corrected chi connectivity index (χ0v) is 16.8. The molecule has 6 nitrogen and oxygen atoms in total. The summed E-state index contributed by atoms with van der Waals surface area (Å²) in [5.74, 6) is 0.245. The number of aromatic nitrogens is 1. The summed E-state index contributed by atoms with van der Waals surface area (Å²) in [7, 11) is -0.402. The highest BCUT2D eigenvalue weighted by atomic mass is 16.7. The number of carbonyl (C=O) groups is 1. The van der Waals surface area contributed by atoms with Gasteiger partial charge in [-0.25, -0.2) is 4.79 Å². The molecule has 2 fully saturated rings. The van der Waals surface area contributed by atoms with Gasteiger partial charge in [-0.2, -0.15) is 0 Å². The number of nitrogens with zero attached hydrogens (tertiary/aromatic N) is 2. The van der Waals surface area contributed by atoms with Crippen molar-refractivity contribution in [1.29, 1.82) is 0 Å². The van der Waals surface area contributed by atoms with E-state index in [1.54, 1.807) is 4.90 Å². The summed E-state index contributed by atoms with van der Waals surface area (Å²) in [6.45, 7) is 15.0. The fourth-order valence-corrected chi connectivity index (χ4v) is 2.92. The number of hydrogen-bond donors (Lipinski definition) is 0. The third-order valence-electron chi connectivity index (χ3n) is 5.29. The van der Waals surface area contributed by atoms with Gasteiger partial charge in [0.2, 0.25) is 0 Å². The Labute approximate surface area is 156 Å². The van der Waals surface area contributed by atoms with Crippen LogP contribution < -0.4 is 5.46 Å². The lowest BCUT2D eigenvalue weighted by atomic mass is 9.80. The first-order valence-corrected chi connectivity index (χ1v) is 9.17. The van der Waals surface area contributed by atoms with Gasteiger partial charge in [-0.1, -0.05) is 6.07 Å². The van der Waals surface area contributed by atoms with Gasteiger partial charge in [0, 0.05) is 36.4 Å². The average Bonchev–Trinajstić information content (AvgIpc) is 2.64. The summed E-state index contributed by atoms with van der Waals surface area (Å²) in [5.41, 5.74) is 0.697. The largest absolute Gasteiger partial charge is 0.496 e. The predicted molar refractivity (Wildman–Crippen MR) is 101 cm³/mol. The molecule has 0 bridgehead atoms. The first-order chi connectivity index (χ1) is 11.9. The zero-order chi connectivity index (χ0) is 19.3. The highest BCUT2D eigenvalue weighted by Crippen LogP contribution is 2.36. The Balaban J connectivity index is 1.58. The molecular formula is C19H29BN2O4. The van der Waals surface area contributed by atoms with Gasteiger partial charge in [-0.05, 0) is 54.5 Å². The topological polar surface area (TPSA) is 60.9 Å². The third kappa shape index (κ3) is 3.74. The average molecular weight is 360 g/mol. The minimum Gasteiger partial charge on any atom is -0.444 e. The molecule has 0 spiro atoms. The summed E-state index contributed by atoms with van der Waals surface area (Å²) in [6.07, 6.45) is 1.55. The van der Waals surface area contributed by atoms with Gasteiger partial charge in [0.15, 0.2) is 0 Å². The Morgan fingerprint density at radius 2 is 1.77 bits per heavy atom. The van der Waals surface area contributed by atoms with E-state index in [1.807, 2.05) is 66.8 Å². The summed E-state index contributed by atoms with van der Waals surface area (Å²) in [4.78, 5) is 18.3. The SMILES string of the molecule is CC(C)(C)OC(=O)N1CC(c2ccc(B3OC(C)(C)C(C)(C)O3)cn2)C1. The third-order valence-corrected chi connectivity index (χ3v) is 5.29. The van der Waals surface area contributed by atoms with Crippen molar-refractivity contribution in [3.8, 4) is 0 Å². The molecule has 0 N–H and O–H groups in total. The van der Waals surface area contributed by atoms with Crippen LogP contribution in [-0.2, 0) is 14.0 Å². The van der Waals surface area contributed by atoms with E-state index in [1.165, 1.54) is 0 Å². The highest BCUT2D eigenvalue weighted by molar-refractivity contribution is 6.62. The lowest BCUT2D eigenvalue weighted by Crippen LogP contribution is -2.50. The molecule has 26 heavy (non-hydrogen) atoms. The van der Waals surface area contributed by atoms with Crippen molar-refractivity contribution >= 4 is 18.7 Å². The van der Waals surface area contributed by atoms with E-state index in [0.29, 0.717) is 13.1 Å². The second-order valence-electron chi connectivity index (χ2n) is 9.19. The summed E-state index contributed by atoms with van der Waals surface area (Å²) < 4.78 is 17.5. The second kappa shape index (κ2) is 6.24. The van der Waals surface area contributed by atoms with Crippen LogP contribution in [0, 0.1) is 0 Å². The van der Waals surface area contributed by atoms with Crippen LogP contribution in [0.15, 0.2) is 18.3 Å². The van der Waals surface area contributed by atoms with Gasteiger partial charge in [-0.3, -0.25) is 4.98 Å². The van der Waals surface area contributed by atoms with Crippen LogP contribution in [-0.4, -0.2) is 53.0 Å². The molecule has 0 aromatic carbocycles. The Bertz CT molecular complexity index is 660. The maximum atomic E-state index is 12.0. The Hall–Kier alpha value is -1.60. The van der Waals surface area contributed by atoms with Crippen molar-refractivity contribution in [2.45, 2.75) is 71.2 Å². The molecule has 1 aromatic heterocycles. The number of hydrogen-bond acceptors (Lipinski definition) is 5. The summed E-state index contributed by atoms with van der Waals surface area (Å²) >= 11 is 0. The fourth-order valence-electron chi connectivity index (χ4n) is 2.92. The van der Waals surface area contributed by atoms with Crippen LogP contribution in [0.4, 0.5) is 4.79 Å². The maximum Gasteiger partial charge on any atom is 0.496 e. The van der Waals surface area contributed by atoms with Gasteiger partial charge < -0.3 is 18.9 Å². The van der Waals surface area contributed by atoms with Crippen molar-refractivity contribution in [2.75, 3.05) is 13.1 Å².